The van der Waals surface area contributed by atoms with Gasteiger partial charge < -0.3 is 0 Å². The monoisotopic (exact) mass is 236 g/mol. The molecule has 0 atom stereocenters. The van der Waals surface area contributed by atoms with Crippen molar-refractivity contribution in [1.29, 1.82) is 0 Å². The lowest BCUT2D eigenvalue weighted by Gasteiger charge is -2.12. The highest BCUT2D eigenvalue weighted by atomic mass is 16.1. The van der Waals surface area contributed by atoms with E-state index < -0.39 is 0 Å². The van der Waals surface area contributed by atoms with E-state index in [0.717, 1.165) is 25.7 Å². The van der Waals surface area contributed by atoms with Gasteiger partial charge in [-0.1, -0.05) is 51.0 Å². The van der Waals surface area contributed by atoms with Gasteiger partial charge in [-0.2, -0.15) is 0 Å². The van der Waals surface area contributed by atoms with Gasteiger partial charge in [-0.15, -0.1) is 6.58 Å². The molecule has 1 aliphatic rings. The Kier molecular flexibility index (Phi) is 8.04. The molecule has 1 rings (SSSR count). The first-order valence-corrected chi connectivity index (χ1v) is 7.45. The Morgan fingerprint density at radius 2 is 1.76 bits per heavy atom. The molecular weight excluding hydrogens is 208 g/mol. The number of carbonyl (C=O) groups excluding carboxylic acids is 1. The quantitative estimate of drug-likeness (QED) is 0.327. The van der Waals surface area contributed by atoms with Crippen LogP contribution >= 0.6 is 0 Å². The van der Waals surface area contributed by atoms with Crippen molar-refractivity contribution in [3.05, 3.63) is 12.7 Å². The first-order chi connectivity index (χ1) is 8.33. The third-order valence-corrected chi connectivity index (χ3v) is 3.85. The second-order valence-corrected chi connectivity index (χ2v) is 5.49. The van der Waals surface area contributed by atoms with E-state index in [1.807, 2.05) is 6.08 Å². The van der Waals surface area contributed by atoms with E-state index in [-0.39, 0.29) is 0 Å². The molecule has 0 aromatic carbocycles. The minimum absolute atomic E-state index is 0.510. The number of carbonyl (C=O) groups is 1. The molecule has 1 aliphatic carbocycles. The van der Waals surface area contributed by atoms with Crippen LogP contribution in [0.25, 0.3) is 0 Å². The number of hydrogen-bond acceptors (Lipinski definition) is 1. The molecule has 1 heteroatoms. The lowest BCUT2D eigenvalue weighted by molar-refractivity contribution is -0.120. The molecule has 1 saturated carbocycles. The molecule has 0 spiro atoms. The van der Waals surface area contributed by atoms with Crippen LogP contribution in [-0.4, -0.2) is 5.78 Å². The summed E-state index contributed by atoms with van der Waals surface area (Å²) < 4.78 is 0. The van der Waals surface area contributed by atoms with Gasteiger partial charge in [-0.3, -0.25) is 4.79 Å². The summed E-state index contributed by atoms with van der Waals surface area (Å²) >= 11 is 0. The Bertz CT molecular complexity index is 212. The summed E-state index contributed by atoms with van der Waals surface area (Å²) in [5.74, 6) is 1.22. The second-order valence-electron chi connectivity index (χ2n) is 5.49. The zero-order valence-corrected chi connectivity index (χ0v) is 11.3. The Labute approximate surface area is 107 Å². The van der Waals surface area contributed by atoms with Crippen LogP contribution in [0, 0.1) is 5.92 Å². The van der Waals surface area contributed by atoms with Crippen molar-refractivity contribution >= 4 is 5.78 Å². The maximum absolute atomic E-state index is 11.8. The lowest BCUT2D eigenvalue weighted by Crippen LogP contribution is -2.07. The van der Waals surface area contributed by atoms with Crippen molar-refractivity contribution in [3.63, 3.8) is 0 Å². The molecule has 0 amide bonds. The summed E-state index contributed by atoms with van der Waals surface area (Å²) in [5, 5.41) is 0. The van der Waals surface area contributed by atoms with E-state index in [0.29, 0.717) is 11.7 Å². The minimum Gasteiger partial charge on any atom is -0.300 e. The number of rotatable bonds is 8. The molecule has 17 heavy (non-hydrogen) atoms. The largest absolute Gasteiger partial charge is 0.300 e. The van der Waals surface area contributed by atoms with Gasteiger partial charge in [0.25, 0.3) is 0 Å². The highest BCUT2D eigenvalue weighted by molar-refractivity contribution is 5.78. The fraction of sp³-hybridized carbons (Fsp3) is 0.812. The Balaban J connectivity index is 2.04. The maximum atomic E-state index is 11.8. The Hall–Kier alpha value is -0.590. The van der Waals surface area contributed by atoms with Crippen molar-refractivity contribution in [3.8, 4) is 0 Å². The van der Waals surface area contributed by atoms with Crippen LogP contribution in [0.15, 0.2) is 12.7 Å². The van der Waals surface area contributed by atoms with Crippen molar-refractivity contribution < 1.29 is 4.79 Å². The second kappa shape index (κ2) is 9.44. The third-order valence-electron chi connectivity index (χ3n) is 3.85. The van der Waals surface area contributed by atoms with Gasteiger partial charge >= 0.3 is 0 Å². The van der Waals surface area contributed by atoms with Gasteiger partial charge in [-0.25, -0.2) is 0 Å². The third kappa shape index (κ3) is 7.36. The normalized spacial score (nSPS) is 17.6. The predicted octanol–water partition coefficient (Wildman–Crippen LogP) is 5.05. The molecular formula is C16H28O. The molecule has 0 N–H and O–H groups in total. The van der Waals surface area contributed by atoms with Gasteiger partial charge in [0.2, 0.25) is 0 Å². The first kappa shape index (κ1) is 14.5. The molecule has 0 saturated heterocycles. The summed E-state index contributed by atoms with van der Waals surface area (Å²) in [4.78, 5) is 11.8. The molecule has 0 unspecified atom stereocenters. The zero-order chi connectivity index (χ0) is 12.3. The topological polar surface area (TPSA) is 17.1 Å². The van der Waals surface area contributed by atoms with Crippen LogP contribution < -0.4 is 0 Å². The van der Waals surface area contributed by atoms with E-state index in [1.54, 1.807) is 0 Å². The number of ketones is 1. The van der Waals surface area contributed by atoms with E-state index in [2.05, 4.69) is 6.58 Å². The van der Waals surface area contributed by atoms with E-state index in [4.69, 9.17) is 0 Å². The molecule has 0 aromatic heterocycles. The van der Waals surface area contributed by atoms with Crippen LogP contribution in [0.5, 0.6) is 0 Å². The van der Waals surface area contributed by atoms with E-state index in [9.17, 15) is 4.79 Å². The van der Waals surface area contributed by atoms with E-state index in [1.165, 1.54) is 51.4 Å². The molecule has 1 fully saturated rings. The van der Waals surface area contributed by atoms with Gasteiger partial charge in [0.1, 0.15) is 5.78 Å². The van der Waals surface area contributed by atoms with Crippen LogP contribution in [-0.2, 0) is 4.79 Å². The standard InChI is InChI=1S/C16H28O/c1-2-3-4-5-10-13-16(17)14-15-11-8-6-7-9-12-15/h2,15H,1,3-14H2. The lowest BCUT2D eigenvalue weighted by atomic mass is 9.93. The van der Waals surface area contributed by atoms with Gasteiger partial charge in [-0.05, 0) is 25.2 Å². The summed E-state index contributed by atoms with van der Waals surface area (Å²) in [7, 11) is 0. The number of unbranched alkanes of at least 4 members (excludes halogenated alkanes) is 3. The Morgan fingerprint density at radius 1 is 1.06 bits per heavy atom. The van der Waals surface area contributed by atoms with Crippen LogP contribution in [0.1, 0.15) is 77.0 Å². The van der Waals surface area contributed by atoms with Crippen molar-refractivity contribution in [2.75, 3.05) is 0 Å². The first-order valence-electron chi connectivity index (χ1n) is 7.45. The molecule has 0 heterocycles. The average Bonchev–Trinajstić information content (AvgIpc) is 2.57. The molecule has 0 aromatic rings. The Morgan fingerprint density at radius 3 is 2.41 bits per heavy atom. The number of Topliss-reactive ketones (excluding diaryl/α,β-unsaturated/α-hetero) is 1. The molecule has 0 aliphatic heterocycles. The summed E-state index contributed by atoms with van der Waals surface area (Å²) in [5.41, 5.74) is 0. The summed E-state index contributed by atoms with van der Waals surface area (Å²) in [6.45, 7) is 3.71. The number of allylic oxidation sites excluding steroid dienone is 1. The molecule has 1 nitrogen and oxygen atoms in total. The van der Waals surface area contributed by atoms with Crippen molar-refractivity contribution in [1.82, 2.24) is 0 Å². The molecule has 0 radical (unpaired) electrons. The molecule has 0 bridgehead atoms. The number of hydrogen-bond donors (Lipinski definition) is 0. The van der Waals surface area contributed by atoms with Crippen LogP contribution in [0.2, 0.25) is 0 Å². The van der Waals surface area contributed by atoms with Gasteiger partial charge in [0.05, 0.1) is 0 Å². The van der Waals surface area contributed by atoms with Crippen molar-refractivity contribution in [2.45, 2.75) is 77.0 Å². The van der Waals surface area contributed by atoms with E-state index >= 15 is 0 Å². The maximum Gasteiger partial charge on any atom is 0.133 e. The minimum atomic E-state index is 0.510. The SMILES string of the molecule is C=CCCCCCC(=O)CC1CCCCCC1. The van der Waals surface area contributed by atoms with Gasteiger partial charge in [0, 0.05) is 12.8 Å². The fourth-order valence-corrected chi connectivity index (χ4v) is 2.78. The zero-order valence-electron chi connectivity index (χ0n) is 11.3. The van der Waals surface area contributed by atoms with Crippen LogP contribution in [0.3, 0.4) is 0 Å². The summed E-state index contributed by atoms with van der Waals surface area (Å²) in [6, 6.07) is 0. The van der Waals surface area contributed by atoms with Gasteiger partial charge in [0.15, 0.2) is 0 Å². The highest BCUT2D eigenvalue weighted by Crippen LogP contribution is 2.26. The highest BCUT2D eigenvalue weighted by Gasteiger charge is 2.15. The smallest absolute Gasteiger partial charge is 0.133 e. The van der Waals surface area contributed by atoms with Crippen molar-refractivity contribution in [2.24, 2.45) is 5.92 Å². The molecule has 98 valence electrons. The van der Waals surface area contributed by atoms with Crippen LogP contribution in [0.4, 0.5) is 0 Å². The predicted molar refractivity (Wildman–Crippen MR) is 74.1 cm³/mol. The fourth-order valence-electron chi connectivity index (χ4n) is 2.78. The average molecular weight is 236 g/mol. The summed E-state index contributed by atoms with van der Waals surface area (Å²) in [6.07, 6.45) is 16.2.